The molecular weight excluding hydrogens is 298 g/mol. The fourth-order valence-electron chi connectivity index (χ4n) is 1.31. The van der Waals surface area contributed by atoms with E-state index >= 15 is 0 Å². The third-order valence-corrected chi connectivity index (χ3v) is 5.68. The van der Waals surface area contributed by atoms with Gasteiger partial charge in [0.2, 0.25) is 0 Å². The van der Waals surface area contributed by atoms with Crippen molar-refractivity contribution in [1.29, 1.82) is 0 Å². The molecule has 15 heavy (non-hydrogen) atoms. The molecule has 3 nitrogen and oxygen atoms in total. The van der Waals surface area contributed by atoms with Crippen LogP contribution in [0.25, 0.3) is 0 Å². The molecule has 2 N–H and O–H groups in total. The zero-order valence-corrected chi connectivity index (χ0v) is 12.0. The number of sulfone groups is 1. The number of thiophene rings is 1. The standard InChI is InChI=1S/C9H14BrNO2S2/c1-5-7(4-8(10)14-5)9(11)6(2)15(3,12)13/h4,6,9H,11H2,1-3H3. The summed E-state index contributed by atoms with van der Waals surface area (Å²) in [5.41, 5.74) is 6.85. The Balaban J connectivity index is 3.05. The first kappa shape index (κ1) is 13.2. The molecule has 1 rings (SSSR count). The lowest BCUT2D eigenvalue weighted by Gasteiger charge is -2.18. The van der Waals surface area contributed by atoms with Crippen molar-refractivity contribution in [3.63, 3.8) is 0 Å². The van der Waals surface area contributed by atoms with Gasteiger partial charge in [-0.2, -0.15) is 0 Å². The van der Waals surface area contributed by atoms with Crippen LogP contribution in [0.15, 0.2) is 9.85 Å². The highest BCUT2D eigenvalue weighted by Gasteiger charge is 2.26. The van der Waals surface area contributed by atoms with Gasteiger partial charge in [-0.05, 0) is 41.4 Å². The minimum absolute atomic E-state index is 0.456. The van der Waals surface area contributed by atoms with Crippen molar-refractivity contribution in [1.82, 2.24) is 0 Å². The van der Waals surface area contributed by atoms with Gasteiger partial charge < -0.3 is 5.73 Å². The number of rotatable bonds is 3. The number of nitrogens with two attached hydrogens (primary N) is 1. The van der Waals surface area contributed by atoms with Crippen LogP contribution >= 0.6 is 27.3 Å². The Hall–Kier alpha value is 0.0900. The van der Waals surface area contributed by atoms with Gasteiger partial charge in [-0.3, -0.25) is 0 Å². The molecule has 0 saturated heterocycles. The van der Waals surface area contributed by atoms with E-state index in [1.165, 1.54) is 6.26 Å². The van der Waals surface area contributed by atoms with Gasteiger partial charge in [0.25, 0.3) is 0 Å². The predicted molar refractivity (Wildman–Crippen MR) is 68.0 cm³/mol. The fourth-order valence-corrected chi connectivity index (χ4v) is 3.75. The van der Waals surface area contributed by atoms with Crippen LogP contribution in [0, 0.1) is 6.92 Å². The van der Waals surface area contributed by atoms with Crippen molar-refractivity contribution < 1.29 is 8.42 Å². The van der Waals surface area contributed by atoms with Crippen LogP contribution in [0.4, 0.5) is 0 Å². The Labute approximate surface area is 103 Å². The molecule has 2 atom stereocenters. The monoisotopic (exact) mass is 311 g/mol. The molecule has 0 bridgehead atoms. The van der Waals surface area contributed by atoms with Gasteiger partial charge in [0.15, 0.2) is 9.84 Å². The summed E-state index contributed by atoms with van der Waals surface area (Å²) in [5.74, 6) is 0. The number of hydrogen-bond donors (Lipinski definition) is 1. The third kappa shape index (κ3) is 3.03. The van der Waals surface area contributed by atoms with E-state index < -0.39 is 21.1 Å². The van der Waals surface area contributed by atoms with Crippen LogP contribution in [-0.4, -0.2) is 19.9 Å². The van der Waals surface area contributed by atoms with Crippen LogP contribution in [-0.2, 0) is 9.84 Å². The molecule has 0 aliphatic heterocycles. The Kier molecular flexibility index (Phi) is 3.97. The van der Waals surface area contributed by atoms with Gasteiger partial charge in [0, 0.05) is 17.2 Å². The molecule has 6 heteroatoms. The molecule has 86 valence electrons. The van der Waals surface area contributed by atoms with E-state index in [1.54, 1.807) is 18.3 Å². The number of hydrogen-bond acceptors (Lipinski definition) is 4. The zero-order valence-electron chi connectivity index (χ0n) is 8.82. The van der Waals surface area contributed by atoms with E-state index in [9.17, 15) is 8.42 Å². The molecule has 0 fully saturated rings. The predicted octanol–water partition coefficient (Wildman–Crippen LogP) is 2.25. The number of halogens is 1. The second-order valence-corrected chi connectivity index (χ2v) is 8.66. The van der Waals surface area contributed by atoms with Crippen molar-refractivity contribution in [2.24, 2.45) is 5.73 Å². The van der Waals surface area contributed by atoms with Crippen molar-refractivity contribution in [3.8, 4) is 0 Å². The van der Waals surface area contributed by atoms with Gasteiger partial charge in [-0.1, -0.05) is 0 Å². The van der Waals surface area contributed by atoms with Crippen LogP contribution in [0.2, 0.25) is 0 Å². The Bertz CT molecular complexity index is 453. The third-order valence-electron chi connectivity index (χ3n) is 2.47. The van der Waals surface area contributed by atoms with Crippen LogP contribution < -0.4 is 5.73 Å². The molecule has 0 saturated carbocycles. The molecule has 0 spiro atoms. The number of aryl methyl sites for hydroxylation is 1. The van der Waals surface area contributed by atoms with Crippen molar-refractivity contribution in [2.75, 3.05) is 6.26 Å². The van der Waals surface area contributed by atoms with E-state index in [2.05, 4.69) is 15.9 Å². The van der Waals surface area contributed by atoms with Gasteiger partial charge in [0.05, 0.1) is 9.04 Å². The summed E-state index contributed by atoms with van der Waals surface area (Å²) in [6, 6.07) is 1.44. The Morgan fingerprint density at radius 2 is 2.07 bits per heavy atom. The SMILES string of the molecule is Cc1sc(Br)cc1C(N)C(C)S(C)(=O)=O. The maximum atomic E-state index is 11.4. The first-order chi connectivity index (χ1) is 6.73. The summed E-state index contributed by atoms with van der Waals surface area (Å²) in [5, 5.41) is -0.558. The maximum absolute atomic E-state index is 11.4. The van der Waals surface area contributed by atoms with E-state index in [0.717, 1.165) is 14.2 Å². The van der Waals surface area contributed by atoms with Gasteiger partial charge in [0.1, 0.15) is 0 Å². The highest BCUT2D eigenvalue weighted by Crippen LogP contribution is 2.32. The molecule has 0 aliphatic carbocycles. The molecule has 2 unspecified atom stereocenters. The maximum Gasteiger partial charge on any atom is 0.151 e. The Morgan fingerprint density at radius 3 is 2.40 bits per heavy atom. The molecule has 0 amide bonds. The molecule has 0 aromatic carbocycles. The van der Waals surface area contributed by atoms with Crippen molar-refractivity contribution in [3.05, 3.63) is 20.3 Å². The average molecular weight is 312 g/mol. The summed E-state index contributed by atoms with van der Waals surface area (Å²) in [4.78, 5) is 1.06. The van der Waals surface area contributed by atoms with Gasteiger partial charge >= 0.3 is 0 Å². The largest absolute Gasteiger partial charge is 0.323 e. The first-order valence-electron chi connectivity index (χ1n) is 4.43. The molecule has 0 radical (unpaired) electrons. The highest BCUT2D eigenvalue weighted by atomic mass is 79.9. The van der Waals surface area contributed by atoms with Crippen molar-refractivity contribution in [2.45, 2.75) is 25.1 Å². The Morgan fingerprint density at radius 1 is 1.53 bits per heavy atom. The normalized spacial score (nSPS) is 16.3. The lowest BCUT2D eigenvalue weighted by Crippen LogP contribution is -2.30. The topological polar surface area (TPSA) is 60.2 Å². The van der Waals surface area contributed by atoms with Crippen molar-refractivity contribution >= 4 is 37.1 Å². The highest BCUT2D eigenvalue weighted by molar-refractivity contribution is 9.11. The fraction of sp³-hybridized carbons (Fsp3) is 0.556. The van der Waals surface area contributed by atoms with E-state index in [1.807, 2.05) is 13.0 Å². The van der Waals surface area contributed by atoms with Crippen LogP contribution in [0.5, 0.6) is 0 Å². The second-order valence-electron chi connectivity index (χ2n) is 3.62. The summed E-state index contributed by atoms with van der Waals surface area (Å²) in [6.07, 6.45) is 1.22. The average Bonchev–Trinajstić information content (AvgIpc) is 2.41. The van der Waals surface area contributed by atoms with E-state index in [4.69, 9.17) is 5.73 Å². The zero-order chi connectivity index (χ0) is 11.8. The molecule has 0 aliphatic rings. The van der Waals surface area contributed by atoms with Crippen LogP contribution in [0.1, 0.15) is 23.4 Å². The minimum Gasteiger partial charge on any atom is -0.323 e. The smallest absolute Gasteiger partial charge is 0.151 e. The minimum atomic E-state index is -3.09. The van der Waals surface area contributed by atoms with E-state index in [0.29, 0.717) is 0 Å². The molecular formula is C9H14BrNO2S2. The summed E-state index contributed by atoms with van der Waals surface area (Å²) in [6.45, 7) is 3.59. The molecule has 1 aromatic heterocycles. The lowest BCUT2D eigenvalue weighted by atomic mass is 10.1. The quantitative estimate of drug-likeness (QED) is 0.931. The molecule has 1 aromatic rings. The first-order valence-corrected chi connectivity index (χ1v) is 8.00. The van der Waals surface area contributed by atoms with Crippen LogP contribution in [0.3, 0.4) is 0 Å². The molecule has 1 heterocycles. The summed E-state index contributed by atoms with van der Waals surface area (Å²) in [7, 11) is -3.09. The summed E-state index contributed by atoms with van der Waals surface area (Å²) < 4.78 is 23.7. The van der Waals surface area contributed by atoms with Gasteiger partial charge in [-0.15, -0.1) is 11.3 Å². The summed E-state index contributed by atoms with van der Waals surface area (Å²) >= 11 is 4.93. The van der Waals surface area contributed by atoms with E-state index in [-0.39, 0.29) is 0 Å². The van der Waals surface area contributed by atoms with Gasteiger partial charge in [-0.25, -0.2) is 8.42 Å². The lowest BCUT2D eigenvalue weighted by molar-refractivity contribution is 0.570. The second kappa shape index (κ2) is 4.53.